The number of hydrogen-bond donors (Lipinski definition) is 2. The second kappa shape index (κ2) is 5.26. The number of carboxylic acids is 1. The first kappa shape index (κ1) is 12.7. The number of amides is 1. The second-order valence-electron chi connectivity index (χ2n) is 3.88. The van der Waals surface area contributed by atoms with Crippen molar-refractivity contribution in [3.63, 3.8) is 0 Å². The number of hydrogen-bond acceptors (Lipinski definition) is 4. The van der Waals surface area contributed by atoms with Crippen LogP contribution in [0.5, 0.6) is 0 Å². The van der Waals surface area contributed by atoms with Crippen molar-refractivity contribution in [2.24, 2.45) is 0 Å². The molecule has 0 aromatic carbocycles. The highest BCUT2D eigenvalue weighted by molar-refractivity contribution is 6.04. The summed E-state index contributed by atoms with van der Waals surface area (Å²) in [5.41, 5.74) is 1.59. The van der Waals surface area contributed by atoms with Crippen molar-refractivity contribution in [3.05, 3.63) is 53.6 Å². The molecule has 0 saturated heterocycles. The quantitative estimate of drug-likeness (QED) is 0.873. The largest absolute Gasteiger partial charge is 0.477 e. The molecular weight excluding hydrogens is 246 g/mol. The number of rotatable bonds is 3. The van der Waals surface area contributed by atoms with Crippen LogP contribution in [0.15, 0.2) is 36.7 Å². The van der Waals surface area contributed by atoms with Crippen LogP contribution in [0.1, 0.15) is 26.5 Å². The van der Waals surface area contributed by atoms with Gasteiger partial charge in [0, 0.05) is 17.5 Å². The number of anilines is 1. The summed E-state index contributed by atoms with van der Waals surface area (Å²) in [5, 5.41) is 11.3. The average Bonchev–Trinajstić information content (AvgIpc) is 2.39. The lowest BCUT2D eigenvalue weighted by Gasteiger charge is -2.05. The molecule has 0 saturated carbocycles. The summed E-state index contributed by atoms with van der Waals surface area (Å²) in [7, 11) is 0. The van der Waals surface area contributed by atoms with E-state index in [-0.39, 0.29) is 11.6 Å². The van der Waals surface area contributed by atoms with E-state index in [1.807, 2.05) is 0 Å². The predicted molar refractivity (Wildman–Crippen MR) is 68.1 cm³/mol. The fourth-order valence-corrected chi connectivity index (χ4v) is 1.48. The maximum absolute atomic E-state index is 11.9. The number of aryl methyl sites for hydroxylation is 1. The van der Waals surface area contributed by atoms with Crippen LogP contribution in [-0.4, -0.2) is 27.0 Å². The number of nitrogens with zero attached hydrogens (tertiary/aromatic N) is 2. The van der Waals surface area contributed by atoms with E-state index >= 15 is 0 Å². The summed E-state index contributed by atoms with van der Waals surface area (Å²) in [5.74, 6) is -1.40. The van der Waals surface area contributed by atoms with Gasteiger partial charge in [0.2, 0.25) is 0 Å². The molecule has 0 radical (unpaired) electrons. The molecule has 2 aromatic heterocycles. The van der Waals surface area contributed by atoms with Gasteiger partial charge in [-0.3, -0.25) is 9.78 Å². The molecular formula is C13H11N3O3. The first-order valence-corrected chi connectivity index (χ1v) is 5.49. The van der Waals surface area contributed by atoms with E-state index in [9.17, 15) is 9.59 Å². The van der Waals surface area contributed by atoms with E-state index in [1.165, 1.54) is 18.3 Å². The zero-order valence-electron chi connectivity index (χ0n) is 10.1. The first-order valence-electron chi connectivity index (χ1n) is 5.49. The third-order valence-electron chi connectivity index (χ3n) is 2.40. The Kier molecular flexibility index (Phi) is 3.51. The molecule has 96 valence electrons. The third-order valence-corrected chi connectivity index (χ3v) is 2.40. The Morgan fingerprint density at radius 2 is 2.00 bits per heavy atom. The van der Waals surface area contributed by atoms with Gasteiger partial charge >= 0.3 is 5.97 Å². The average molecular weight is 257 g/mol. The van der Waals surface area contributed by atoms with E-state index in [0.29, 0.717) is 11.3 Å². The molecule has 0 bridgehead atoms. The Labute approximate surface area is 109 Å². The number of carbonyl (C=O) groups excluding carboxylic acids is 1. The van der Waals surface area contributed by atoms with Crippen molar-refractivity contribution in [1.29, 1.82) is 0 Å². The fraction of sp³-hybridized carbons (Fsp3) is 0.0769. The second-order valence-corrected chi connectivity index (χ2v) is 3.88. The molecule has 0 atom stereocenters. The Bertz CT molecular complexity index is 623. The van der Waals surface area contributed by atoms with Crippen molar-refractivity contribution in [2.75, 3.05) is 5.32 Å². The maximum atomic E-state index is 11.9. The van der Waals surface area contributed by atoms with Gasteiger partial charge in [-0.2, -0.15) is 0 Å². The van der Waals surface area contributed by atoms with E-state index in [2.05, 4.69) is 15.3 Å². The molecule has 0 aliphatic heterocycles. The van der Waals surface area contributed by atoms with E-state index in [4.69, 9.17) is 5.11 Å². The van der Waals surface area contributed by atoms with Gasteiger partial charge in [0.25, 0.3) is 5.91 Å². The lowest BCUT2D eigenvalue weighted by molar-refractivity contribution is 0.0690. The Balaban J connectivity index is 2.13. The van der Waals surface area contributed by atoms with Crippen molar-refractivity contribution in [1.82, 2.24) is 9.97 Å². The smallest absolute Gasteiger partial charge is 0.354 e. The molecule has 6 heteroatoms. The van der Waals surface area contributed by atoms with Gasteiger partial charge in [0.1, 0.15) is 5.69 Å². The molecule has 0 spiro atoms. The van der Waals surface area contributed by atoms with Crippen molar-refractivity contribution in [2.45, 2.75) is 6.92 Å². The molecule has 0 fully saturated rings. The summed E-state index contributed by atoms with van der Waals surface area (Å²) >= 11 is 0. The Morgan fingerprint density at radius 1 is 1.21 bits per heavy atom. The van der Waals surface area contributed by atoms with Crippen molar-refractivity contribution in [3.8, 4) is 0 Å². The van der Waals surface area contributed by atoms with Gasteiger partial charge in [-0.25, -0.2) is 9.78 Å². The lowest BCUT2D eigenvalue weighted by Crippen LogP contribution is -2.12. The summed E-state index contributed by atoms with van der Waals surface area (Å²) in [4.78, 5) is 30.3. The van der Waals surface area contributed by atoms with Gasteiger partial charge < -0.3 is 10.4 Å². The number of carbonyl (C=O) groups is 2. The molecule has 19 heavy (non-hydrogen) atoms. The molecule has 0 aliphatic rings. The number of nitrogens with one attached hydrogen (secondary N) is 1. The van der Waals surface area contributed by atoms with E-state index in [1.54, 1.807) is 25.3 Å². The first-order chi connectivity index (χ1) is 9.06. The molecule has 2 heterocycles. The maximum Gasteiger partial charge on any atom is 0.354 e. The van der Waals surface area contributed by atoms with E-state index in [0.717, 1.165) is 5.69 Å². The molecule has 2 aromatic rings. The van der Waals surface area contributed by atoms with Crippen molar-refractivity contribution >= 4 is 17.6 Å². The minimum absolute atomic E-state index is 0.0715. The fourth-order valence-electron chi connectivity index (χ4n) is 1.48. The Morgan fingerprint density at radius 3 is 2.58 bits per heavy atom. The minimum Gasteiger partial charge on any atom is -0.477 e. The van der Waals surface area contributed by atoms with Crippen LogP contribution >= 0.6 is 0 Å². The summed E-state index contributed by atoms with van der Waals surface area (Å²) in [6, 6.07) is 6.08. The van der Waals surface area contributed by atoms with Gasteiger partial charge in [-0.05, 0) is 31.2 Å². The zero-order chi connectivity index (χ0) is 13.8. The number of aromatic carboxylic acids is 1. The van der Waals surface area contributed by atoms with Crippen LogP contribution in [0.2, 0.25) is 0 Å². The van der Waals surface area contributed by atoms with Crippen molar-refractivity contribution < 1.29 is 14.7 Å². The standard InChI is InChI=1S/C13H11N3O3/c1-8-6-9(4-5-14-8)12(17)16-10-2-3-11(13(18)19)15-7-10/h2-7H,1H3,(H,16,17)(H,18,19). The van der Waals surface area contributed by atoms with Gasteiger partial charge in [-0.1, -0.05) is 0 Å². The van der Waals surface area contributed by atoms with Crippen LogP contribution in [0.4, 0.5) is 5.69 Å². The molecule has 6 nitrogen and oxygen atoms in total. The monoisotopic (exact) mass is 257 g/mol. The van der Waals surface area contributed by atoms with Gasteiger partial charge in [0.05, 0.1) is 11.9 Å². The summed E-state index contributed by atoms with van der Waals surface area (Å²) in [6.45, 7) is 1.79. The van der Waals surface area contributed by atoms with Crippen LogP contribution in [0, 0.1) is 6.92 Å². The number of aromatic nitrogens is 2. The minimum atomic E-state index is -1.11. The van der Waals surface area contributed by atoms with Crippen LogP contribution < -0.4 is 5.32 Å². The molecule has 0 aliphatic carbocycles. The Hall–Kier alpha value is -2.76. The molecule has 1 amide bonds. The zero-order valence-corrected chi connectivity index (χ0v) is 10.1. The number of carboxylic acid groups (broad SMARTS) is 1. The SMILES string of the molecule is Cc1cc(C(=O)Nc2ccc(C(=O)O)nc2)ccn1. The van der Waals surface area contributed by atoms with Crippen LogP contribution in [0.3, 0.4) is 0 Å². The van der Waals surface area contributed by atoms with Gasteiger partial charge in [-0.15, -0.1) is 0 Å². The molecule has 2 N–H and O–H groups in total. The third kappa shape index (κ3) is 3.12. The number of pyridine rings is 2. The van der Waals surface area contributed by atoms with E-state index < -0.39 is 5.97 Å². The highest BCUT2D eigenvalue weighted by atomic mass is 16.4. The summed E-state index contributed by atoms with van der Waals surface area (Å²) < 4.78 is 0. The molecule has 0 unspecified atom stereocenters. The highest BCUT2D eigenvalue weighted by Crippen LogP contribution is 2.09. The summed E-state index contributed by atoms with van der Waals surface area (Å²) in [6.07, 6.45) is 2.85. The van der Waals surface area contributed by atoms with Gasteiger partial charge in [0.15, 0.2) is 0 Å². The molecule has 2 rings (SSSR count). The van der Waals surface area contributed by atoms with Crippen LogP contribution in [-0.2, 0) is 0 Å². The normalized spacial score (nSPS) is 9.95. The lowest BCUT2D eigenvalue weighted by atomic mass is 10.2. The predicted octanol–water partition coefficient (Wildman–Crippen LogP) is 1.74. The highest BCUT2D eigenvalue weighted by Gasteiger charge is 2.08. The topological polar surface area (TPSA) is 92.2 Å². The van der Waals surface area contributed by atoms with Crippen LogP contribution in [0.25, 0.3) is 0 Å².